The molecular weight excluding hydrogens is 342 g/mol. The molecule has 1 heterocycles. The number of nitriles is 1. The van der Waals surface area contributed by atoms with Crippen LogP contribution in [-0.4, -0.2) is 14.9 Å². The number of halogens is 1. The summed E-state index contributed by atoms with van der Waals surface area (Å²) in [5.41, 5.74) is 2.74. The lowest BCUT2D eigenvalue weighted by Crippen LogP contribution is -2.12. The molecule has 0 aliphatic rings. The minimum Gasteiger partial charge on any atom is -0.333 e. The molecular formula is C11H8BrN7O2. The van der Waals surface area contributed by atoms with Crippen molar-refractivity contribution in [3.8, 4) is 6.07 Å². The normalized spacial score (nSPS) is 9.76. The van der Waals surface area contributed by atoms with Gasteiger partial charge < -0.3 is 10.7 Å². The van der Waals surface area contributed by atoms with Crippen molar-refractivity contribution in [2.45, 2.75) is 0 Å². The predicted octanol–water partition coefficient (Wildman–Crippen LogP) is 2.05. The topological polar surface area (TPSA) is 143 Å². The number of rotatable bonds is 4. The number of nitrogens with zero attached hydrogens (tertiary/aromatic N) is 4. The number of aromatic nitrogens is 2. The third-order valence-electron chi connectivity index (χ3n) is 2.49. The van der Waals surface area contributed by atoms with Gasteiger partial charge in [-0.1, -0.05) is 0 Å². The summed E-state index contributed by atoms with van der Waals surface area (Å²) in [7, 11) is 0. The second-order valence-electron chi connectivity index (χ2n) is 3.75. The van der Waals surface area contributed by atoms with Gasteiger partial charge in [-0.2, -0.15) is 5.26 Å². The van der Waals surface area contributed by atoms with Crippen LogP contribution in [0.4, 0.5) is 23.0 Å². The van der Waals surface area contributed by atoms with Crippen molar-refractivity contribution < 1.29 is 4.92 Å². The van der Waals surface area contributed by atoms with E-state index in [4.69, 9.17) is 11.1 Å². The SMILES string of the molecule is N#Cc1ccc(Nc2ncnc(NN)c2[N+](=O)[O-])c(Br)c1. The van der Waals surface area contributed by atoms with Gasteiger partial charge in [0, 0.05) is 4.47 Å². The summed E-state index contributed by atoms with van der Waals surface area (Å²) < 4.78 is 0.566. The minimum atomic E-state index is -0.644. The zero-order valence-corrected chi connectivity index (χ0v) is 12.0. The van der Waals surface area contributed by atoms with Crippen LogP contribution in [0.3, 0.4) is 0 Å². The van der Waals surface area contributed by atoms with Gasteiger partial charge >= 0.3 is 5.69 Å². The number of benzene rings is 1. The Hall–Kier alpha value is -2.77. The summed E-state index contributed by atoms with van der Waals surface area (Å²) in [5.74, 6) is 5.07. The molecule has 1 aromatic heterocycles. The highest BCUT2D eigenvalue weighted by Crippen LogP contribution is 2.33. The Kier molecular flexibility index (Phi) is 4.27. The lowest BCUT2D eigenvalue weighted by molar-refractivity contribution is -0.383. The Labute approximate surface area is 127 Å². The average Bonchev–Trinajstić information content (AvgIpc) is 2.48. The maximum Gasteiger partial charge on any atom is 0.354 e. The van der Waals surface area contributed by atoms with Crippen LogP contribution in [0.1, 0.15) is 5.56 Å². The van der Waals surface area contributed by atoms with Gasteiger partial charge in [0.15, 0.2) is 0 Å². The fourth-order valence-corrected chi connectivity index (χ4v) is 2.04. The highest BCUT2D eigenvalue weighted by molar-refractivity contribution is 9.10. The lowest BCUT2D eigenvalue weighted by Gasteiger charge is -2.09. The van der Waals surface area contributed by atoms with Gasteiger partial charge in [-0.3, -0.25) is 10.1 Å². The van der Waals surface area contributed by atoms with Crippen LogP contribution >= 0.6 is 15.9 Å². The maximum absolute atomic E-state index is 11.1. The molecule has 0 unspecified atom stereocenters. The maximum atomic E-state index is 11.1. The van der Waals surface area contributed by atoms with Crippen molar-refractivity contribution in [1.29, 1.82) is 5.26 Å². The van der Waals surface area contributed by atoms with E-state index in [1.54, 1.807) is 18.2 Å². The largest absolute Gasteiger partial charge is 0.354 e. The summed E-state index contributed by atoms with van der Waals surface area (Å²) in [6.45, 7) is 0. The molecule has 0 saturated carbocycles. The van der Waals surface area contributed by atoms with Crippen LogP contribution in [0.5, 0.6) is 0 Å². The molecule has 2 aromatic rings. The van der Waals surface area contributed by atoms with Gasteiger partial charge in [-0.15, -0.1) is 0 Å². The van der Waals surface area contributed by atoms with Crippen molar-refractivity contribution in [1.82, 2.24) is 9.97 Å². The fourth-order valence-electron chi connectivity index (χ4n) is 1.56. The van der Waals surface area contributed by atoms with Crippen LogP contribution in [0, 0.1) is 21.4 Å². The van der Waals surface area contributed by atoms with Crippen molar-refractivity contribution >= 4 is 38.9 Å². The first-order valence-corrected chi connectivity index (χ1v) is 6.28. The summed E-state index contributed by atoms with van der Waals surface area (Å²) in [6.07, 6.45) is 1.14. The Morgan fingerprint density at radius 2 is 2.10 bits per heavy atom. The van der Waals surface area contributed by atoms with Gasteiger partial charge in [0.05, 0.1) is 22.2 Å². The quantitative estimate of drug-likeness (QED) is 0.432. The van der Waals surface area contributed by atoms with Gasteiger partial charge in [0.25, 0.3) is 0 Å². The van der Waals surface area contributed by atoms with E-state index in [2.05, 4.69) is 36.6 Å². The number of hydrogen-bond donors (Lipinski definition) is 3. The van der Waals surface area contributed by atoms with Gasteiger partial charge in [-0.25, -0.2) is 15.8 Å². The molecule has 106 valence electrons. The molecule has 0 spiro atoms. The van der Waals surface area contributed by atoms with Gasteiger partial charge in [0.1, 0.15) is 6.33 Å². The Morgan fingerprint density at radius 3 is 2.67 bits per heavy atom. The van der Waals surface area contributed by atoms with Crippen molar-refractivity contribution in [2.75, 3.05) is 10.7 Å². The minimum absolute atomic E-state index is 0.0200. The average molecular weight is 350 g/mol. The van der Waals surface area contributed by atoms with E-state index in [-0.39, 0.29) is 17.3 Å². The highest BCUT2D eigenvalue weighted by atomic mass is 79.9. The van der Waals surface area contributed by atoms with E-state index in [1.807, 2.05) is 6.07 Å². The summed E-state index contributed by atoms with van der Waals surface area (Å²) in [4.78, 5) is 18.0. The second kappa shape index (κ2) is 6.12. The first-order chi connectivity index (χ1) is 10.1. The van der Waals surface area contributed by atoms with E-state index >= 15 is 0 Å². The summed E-state index contributed by atoms with van der Waals surface area (Å²) in [5, 5.41) is 22.7. The van der Waals surface area contributed by atoms with Gasteiger partial charge in [0.2, 0.25) is 11.6 Å². The monoisotopic (exact) mass is 349 g/mol. The van der Waals surface area contributed by atoms with Crippen LogP contribution in [0.15, 0.2) is 29.0 Å². The summed E-state index contributed by atoms with van der Waals surface area (Å²) >= 11 is 3.28. The molecule has 0 aliphatic heterocycles. The van der Waals surface area contributed by atoms with Crippen LogP contribution in [0.25, 0.3) is 0 Å². The van der Waals surface area contributed by atoms with E-state index < -0.39 is 4.92 Å². The van der Waals surface area contributed by atoms with Crippen molar-refractivity contribution in [3.05, 3.63) is 44.7 Å². The molecule has 9 nitrogen and oxygen atoms in total. The number of nitrogens with two attached hydrogens (primary N) is 1. The second-order valence-corrected chi connectivity index (χ2v) is 4.61. The zero-order chi connectivity index (χ0) is 15.4. The Balaban J connectivity index is 2.45. The molecule has 0 amide bonds. The number of hydrazine groups is 1. The van der Waals surface area contributed by atoms with Gasteiger partial charge in [-0.05, 0) is 34.1 Å². The molecule has 10 heteroatoms. The highest BCUT2D eigenvalue weighted by Gasteiger charge is 2.22. The lowest BCUT2D eigenvalue weighted by atomic mass is 10.2. The molecule has 0 radical (unpaired) electrons. The summed E-state index contributed by atoms with van der Waals surface area (Å²) in [6, 6.07) is 6.74. The molecule has 0 bridgehead atoms. The molecule has 0 aliphatic carbocycles. The standard InChI is InChI=1S/C11H8BrN7O2/c12-7-3-6(4-13)1-2-8(7)17-10-9(19(20)21)11(18-14)16-5-15-10/h1-3,5H,14H2,(H2,15,16,17,18). The van der Waals surface area contributed by atoms with E-state index in [1.165, 1.54) is 0 Å². The molecule has 4 N–H and O–H groups in total. The number of anilines is 3. The first-order valence-electron chi connectivity index (χ1n) is 5.49. The van der Waals surface area contributed by atoms with Crippen molar-refractivity contribution in [3.63, 3.8) is 0 Å². The molecule has 0 atom stereocenters. The molecule has 1 aromatic carbocycles. The van der Waals surface area contributed by atoms with E-state index in [0.717, 1.165) is 6.33 Å². The Morgan fingerprint density at radius 1 is 1.38 bits per heavy atom. The van der Waals surface area contributed by atoms with Crippen LogP contribution in [0.2, 0.25) is 0 Å². The van der Waals surface area contributed by atoms with Crippen LogP contribution < -0.4 is 16.6 Å². The Bertz CT molecular complexity index is 744. The van der Waals surface area contributed by atoms with Crippen LogP contribution in [-0.2, 0) is 0 Å². The fraction of sp³-hybridized carbons (Fsp3) is 0. The number of nitrogen functional groups attached to an aromatic ring is 1. The van der Waals surface area contributed by atoms with E-state index in [9.17, 15) is 10.1 Å². The molecule has 0 fully saturated rings. The smallest absolute Gasteiger partial charge is 0.333 e. The van der Waals surface area contributed by atoms with Crippen molar-refractivity contribution in [2.24, 2.45) is 5.84 Å². The zero-order valence-electron chi connectivity index (χ0n) is 10.4. The number of nitro groups is 1. The first kappa shape index (κ1) is 14.6. The molecule has 2 rings (SSSR count). The third kappa shape index (κ3) is 3.04. The number of hydrogen-bond acceptors (Lipinski definition) is 8. The van der Waals surface area contributed by atoms with E-state index in [0.29, 0.717) is 15.7 Å². The number of nitrogens with one attached hydrogen (secondary N) is 2. The third-order valence-corrected chi connectivity index (χ3v) is 3.15. The molecule has 21 heavy (non-hydrogen) atoms. The predicted molar refractivity (Wildman–Crippen MR) is 78.6 cm³/mol. The molecule has 0 saturated heterocycles.